The van der Waals surface area contributed by atoms with Crippen molar-refractivity contribution in [3.63, 3.8) is 0 Å². The fraction of sp³-hybridized carbons (Fsp3) is 0.407. The summed E-state index contributed by atoms with van der Waals surface area (Å²) in [5, 5.41) is 8.23. The van der Waals surface area contributed by atoms with Crippen molar-refractivity contribution in [1.29, 1.82) is 0 Å². The van der Waals surface area contributed by atoms with Gasteiger partial charge >= 0.3 is 0 Å². The lowest BCUT2D eigenvalue weighted by Crippen LogP contribution is -2.27. The number of aromatic amines is 1. The molecule has 0 aliphatic carbocycles. The number of carbonyl (C=O) groups excluding carboxylic acids is 4. The molecule has 1 heterocycles. The van der Waals surface area contributed by atoms with Crippen LogP contribution in [0.3, 0.4) is 0 Å². The Morgan fingerprint density at radius 3 is 2.44 bits per heavy atom. The molecule has 0 saturated heterocycles. The number of allylic oxidation sites excluding steroid dienone is 1. The van der Waals surface area contributed by atoms with E-state index in [0.717, 1.165) is 24.8 Å². The van der Waals surface area contributed by atoms with Crippen LogP contribution in [0.25, 0.3) is 11.6 Å². The first kappa shape index (κ1) is 28.5. The molecule has 2 aromatic rings. The van der Waals surface area contributed by atoms with E-state index >= 15 is 0 Å². The predicted molar refractivity (Wildman–Crippen MR) is 139 cm³/mol. The summed E-state index contributed by atoms with van der Waals surface area (Å²) in [5.74, 6) is -1.63. The van der Waals surface area contributed by atoms with E-state index in [4.69, 9.17) is 0 Å². The number of likely N-dealkylation sites (N-methyl/N-ethyl adjacent to an activating group) is 1. The lowest BCUT2D eigenvalue weighted by molar-refractivity contribution is -0.137. The monoisotopic (exact) mass is 498 g/mol. The van der Waals surface area contributed by atoms with Crippen LogP contribution in [0.15, 0.2) is 18.2 Å². The Hall–Kier alpha value is -3.75. The van der Waals surface area contributed by atoms with Crippen molar-refractivity contribution < 1.29 is 23.6 Å². The summed E-state index contributed by atoms with van der Waals surface area (Å²) in [5.41, 5.74) is 3.97. The van der Waals surface area contributed by atoms with Crippen LogP contribution in [0.5, 0.6) is 0 Å². The average molecular weight is 499 g/mol. The minimum atomic E-state index is -0.566. The fourth-order valence-corrected chi connectivity index (χ4v) is 4.11. The van der Waals surface area contributed by atoms with Crippen molar-refractivity contribution in [2.45, 2.75) is 52.4 Å². The number of carbonyl (C=O) groups is 4. The third kappa shape index (κ3) is 7.37. The number of anilines is 1. The highest BCUT2D eigenvalue weighted by Gasteiger charge is 2.20. The number of Topliss-reactive ketones (excluding diaryl/α,β-unsaturated/α-hetero) is 1. The summed E-state index contributed by atoms with van der Waals surface area (Å²) in [4.78, 5) is 50.8. The molecule has 0 atom stereocenters. The molecule has 0 radical (unpaired) electrons. The molecule has 0 spiro atoms. The molecule has 0 fully saturated rings. The van der Waals surface area contributed by atoms with Gasteiger partial charge in [-0.05, 0) is 56.0 Å². The van der Waals surface area contributed by atoms with E-state index in [2.05, 4.69) is 20.9 Å². The highest BCUT2D eigenvalue weighted by atomic mass is 19.1. The van der Waals surface area contributed by atoms with Crippen molar-refractivity contribution in [1.82, 2.24) is 15.6 Å². The molecule has 4 N–H and O–H groups in total. The topological polar surface area (TPSA) is 120 Å². The Morgan fingerprint density at radius 1 is 1.08 bits per heavy atom. The van der Waals surface area contributed by atoms with Crippen molar-refractivity contribution in [3.8, 4) is 0 Å². The Balaban J connectivity index is 2.06. The van der Waals surface area contributed by atoms with E-state index in [0.29, 0.717) is 53.9 Å². The highest BCUT2D eigenvalue weighted by Crippen LogP contribution is 2.28. The van der Waals surface area contributed by atoms with Crippen LogP contribution in [-0.4, -0.2) is 49.5 Å². The molecule has 36 heavy (non-hydrogen) atoms. The molecular weight excluding hydrogens is 463 g/mol. The number of benzene rings is 1. The SMILES string of the molecule is CCc1c(/C=C(\C=O)c2cc(F)ccc2NC)[nH]c(C)c1C(=O)NCCCCCCC(=O)C(=O)NC. The lowest BCUT2D eigenvalue weighted by atomic mass is 10.00. The van der Waals surface area contributed by atoms with Crippen molar-refractivity contribution >= 4 is 41.2 Å². The Labute approximate surface area is 211 Å². The van der Waals surface area contributed by atoms with Gasteiger partial charge in [0.25, 0.3) is 11.8 Å². The first-order valence-electron chi connectivity index (χ1n) is 12.2. The molecule has 0 bridgehead atoms. The van der Waals surface area contributed by atoms with Crippen LogP contribution >= 0.6 is 0 Å². The van der Waals surface area contributed by atoms with E-state index < -0.39 is 17.5 Å². The van der Waals surface area contributed by atoms with E-state index in [1.165, 1.54) is 19.2 Å². The fourth-order valence-electron chi connectivity index (χ4n) is 4.11. The number of nitrogens with one attached hydrogen (secondary N) is 4. The minimum Gasteiger partial charge on any atom is -0.388 e. The molecule has 0 saturated carbocycles. The maximum absolute atomic E-state index is 13.9. The number of aromatic nitrogens is 1. The number of amides is 2. The number of H-pyrrole nitrogens is 1. The van der Waals surface area contributed by atoms with Gasteiger partial charge in [0.05, 0.1) is 5.56 Å². The van der Waals surface area contributed by atoms with E-state index in [1.54, 1.807) is 26.1 Å². The van der Waals surface area contributed by atoms with Crippen LogP contribution in [0.4, 0.5) is 10.1 Å². The summed E-state index contributed by atoms with van der Waals surface area (Å²) in [6, 6.07) is 4.19. The zero-order chi connectivity index (χ0) is 26.7. The number of halogens is 1. The Bertz CT molecular complexity index is 1140. The van der Waals surface area contributed by atoms with Crippen LogP contribution in [0, 0.1) is 12.7 Å². The van der Waals surface area contributed by atoms with Gasteiger partial charge in [-0.2, -0.15) is 0 Å². The quantitative estimate of drug-likeness (QED) is 0.137. The largest absolute Gasteiger partial charge is 0.388 e. The van der Waals surface area contributed by atoms with E-state index in [-0.39, 0.29) is 17.9 Å². The second kappa shape index (κ2) is 14.0. The number of hydrogen-bond acceptors (Lipinski definition) is 5. The Morgan fingerprint density at radius 2 is 1.81 bits per heavy atom. The summed E-state index contributed by atoms with van der Waals surface area (Å²) in [6.45, 7) is 4.21. The summed E-state index contributed by atoms with van der Waals surface area (Å²) in [6.07, 6.45) is 6.10. The van der Waals surface area contributed by atoms with Gasteiger partial charge in [-0.1, -0.05) is 19.8 Å². The van der Waals surface area contributed by atoms with Gasteiger partial charge in [-0.3, -0.25) is 19.2 Å². The number of unbranched alkanes of at least 4 members (excludes halogenated alkanes) is 3. The van der Waals surface area contributed by atoms with Gasteiger partial charge in [0, 0.05) is 55.3 Å². The number of aldehydes is 1. The average Bonchev–Trinajstić information content (AvgIpc) is 3.20. The van der Waals surface area contributed by atoms with Crippen LogP contribution in [0.1, 0.15) is 71.9 Å². The summed E-state index contributed by atoms with van der Waals surface area (Å²) < 4.78 is 13.9. The van der Waals surface area contributed by atoms with Crippen molar-refractivity contribution in [3.05, 3.63) is 52.1 Å². The predicted octanol–water partition coefficient (Wildman–Crippen LogP) is 3.80. The third-order valence-corrected chi connectivity index (χ3v) is 5.99. The van der Waals surface area contributed by atoms with Crippen LogP contribution < -0.4 is 16.0 Å². The highest BCUT2D eigenvalue weighted by molar-refractivity contribution is 6.36. The normalized spacial score (nSPS) is 11.2. The zero-order valence-corrected chi connectivity index (χ0v) is 21.3. The second-order valence-corrected chi connectivity index (χ2v) is 8.45. The van der Waals surface area contributed by atoms with Gasteiger partial charge < -0.3 is 20.9 Å². The molecule has 9 heteroatoms. The molecule has 0 aliphatic heterocycles. The van der Waals surface area contributed by atoms with E-state index in [9.17, 15) is 23.6 Å². The Kier molecular flexibility index (Phi) is 11.1. The standard InChI is InChI=1S/C27H35FN4O4/c1-5-20-23(14-18(16-33)21-15-19(28)11-12-22(21)29-3)32-17(2)25(20)27(36)31-13-9-7-6-8-10-24(34)26(35)30-4/h11-12,14-16,29,32H,5-10,13H2,1-4H3,(H,30,35)(H,31,36)/b18-14+. The lowest BCUT2D eigenvalue weighted by Gasteiger charge is -2.10. The third-order valence-electron chi connectivity index (χ3n) is 5.99. The molecular formula is C27H35FN4O4. The van der Waals surface area contributed by atoms with Gasteiger partial charge in [-0.15, -0.1) is 0 Å². The molecule has 8 nitrogen and oxygen atoms in total. The maximum Gasteiger partial charge on any atom is 0.287 e. The first-order valence-corrected chi connectivity index (χ1v) is 12.2. The molecule has 0 unspecified atom stereocenters. The number of ketones is 1. The zero-order valence-electron chi connectivity index (χ0n) is 21.3. The molecule has 1 aromatic heterocycles. The maximum atomic E-state index is 13.9. The van der Waals surface area contributed by atoms with Crippen LogP contribution in [-0.2, 0) is 20.8 Å². The van der Waals surface area contributed by atoms with Gasteiger partial charge in [0.2, 0.25) is 5.78 Å². The summed E-state index contributed by atoms with van der Waals surface area (Å²) >= 11 is 0. The molecule has 2 amide bonds. The smallest absolute Gasteiger partial charge is 0.287 e. The van der Waals surface area contributed by atoms with Crippen LogP contribution in [0.2, 0.25) is 0 Å². The first-order chi connectivity index (χ1) is 17.3. The molecule has 194 valence electrons. The van der Waals surface area contributed by atoms with Gasteiger partial charge in [0.1, 0.15) is 5.82 Å². The van der Waals surface area contributed by atoms with Gasteiger partial charge in [0.15, 0.2) is 6.29 Å². The van der Waals surface area contributed by atoms with Crippen molar-refractivity contribution in [2.24, 2.45) is 0 Å². The number of rotatable bonds is 14. The van der Waals surface area contributed by atoms with E-state index in [1.807, 2.05) is 6.92 Å². The molecule has 0 aliphatic rings. The second-order valence-electron chi connectivity index (χ2n) is 8.45. The molecule has 2 rings (SSSR count). The minimum absolute atomic E-state index is 0.204. The van der Waals surface area contributed by atoms with Crippen molar-refractivity contribution in [2.75, 3.05) is 26.0 Å². The molecule has 1 aromatic carbocycles. The van der Waals surface area contributed by atoms with Gasteiger partial charge in [-0.25, -0.2) is 4.39 Å². The number of hydrogen-bond donors (Lipinski definition) is 4. The number of aryl methyl sites for hydroxylation is 1. The summed E-state index contributed by atoms with van der Waals surface area (Å²) in [7, 11) is 3.13.